The van der Waals surface area contributed by atoms with Gasteiger partial charge in [-0.15, -0.1) is 0 Å². The number of guanidine groups is 1. The highest BCUT2D eigenvalue weighted by atomic mass is 16.5. The van der Waals surface area contributed by atoms with E-state index in [9.17, 15) is 0 Å². The van der Waals surface area contributed by atoms with E-state index in [1.54, 1.807) is 0 Å². The molecule has 1 fully saturated rings. The van der Waals surface area contributed by atoms with Gasteiger partial charge in [0.2, 0.25) is 0 Å². The molecule has 5 nitrogen and oxygen atoms in total. The molecule has 0 aromatic heterocycles. The minimum atomic E-state index is 0.322. The molecule has 5 heteroatoms. The van der Waals surface area contributed by atoms with Gasteiger partial charge in [0.15, 0.2) is 5.96 Å². The Hall–Kier alpha value is -1.59. The van der Waals surface area contributed by atoms with Gasteiger partial charge in [0, 0.05) is 19.8 Å². The molecule has 25 heavy (non-hydrogen) atoms. The molecule has 1 saturated heterocycles. The summed E-state index contributed by atoms with van der Waals surface area (Å²) in [6, 6.07) is 8.39. The summed E-state index contributed by atoms with van der Waals surface area (Å²) in [5.74, 6) is 0.528. The lowest BCUT2D eigenvalue weighted by molar-refractivity contribution is -0.0390. The van der Waals surface area contributed by atoms with Crippen molar-refractivity contribution in [3.05, 3.63) is 35.4 Å². The fourth-order valence-electron chi connectivity index (χ4n) is 2.88. The summed E-state index contributed by atoms with van der Waals surface area (Å²) < 4.78 is 11.3. The molecule has 1 heterocycles. The highest BCUT2D eigenvalue weighted by Gasteiger charge is 2.13. The maximum Gasteiger partial charge on any atom is 0.188 e. The lowest BCUT2D eigenvalue weighted by Gasteiger charge is -2.22. The van der Waals surface area contributed by atoms with Crippen LogP contribution in [0.15, 0.2) is 29.3 Å². The van der Waals surface area contributed by atoms with Crippen LogP contribution in [0.4, 0.5) is 0 Å². The Morgan fingerprint density at radius 2 is 2.04 bits per heavy atom. The molecule has 1 aliphatic heterocycles. The molecule has 0 aliphatic carbocycles. The van der Waals surface area contributed by atoms with Gasteiger partial charge in [-0.2, -0.15) is 0 Å². The standard InChI is InChI=1S/C20H33N3O2/c1-2-3-4-5-11-22-20(21)23-15-17-7-6-8-18(14-17)16-25-19-9-12-24-13-10-19/h6-8,14,19H,2-5,9-13,15-16H2,1H3,(H3,21,22,23). The van der Waals surface area contributed by atoms with Crippen molar-refractivity contribution < 1.29 is 9.47 Å². The third kappa shape index (κ3) is 8.36. The Balaban J connectivity index is 1.71. The number of unbranched alkanes of at least 4 members (excludes halogenated alkanes) is 3. The maximum absolute atomic E-state index is 5.98. The molecule has 1 aliphatic rings. The SMILES string of the molecule is CCCCCCNC(N)=NCc1cccc(COC2CCOCC2)c1. The summed E-state index contributed by atoms with van der Waals surface area (Å²) in [4.78, 5) is 4.43. The zero-order valence-corrected chi connectivity index (χ0v) is 15.5. The van der Waals surface area contributed by atoms with Gasteiger partial charge in [0.05, 0.1) is 19.3 Å². The van der Waals surface area contributed by atoms with Gasteiger partial charge in [0.1, 0.15) is 0 Å². The largest absolute Gasteiger partial charge is 0.381 e. The lowest BCUT2D eigenvalue weighted by Crippen LogP contribution is -2.32. The second-order valence-corrected chi connectivity index (χ2v) is 6.63. The Bertz CT molecular complexity index is 513. The van der Waals surface area contributed by atoms with E-state index in [-0.39, 0.29) is 0 Å². The van der Waals surface area contributed by atoms with Gasteiger partial charge < -0.3 is 20.5 Å². The van der Waals surface area contributed by atoms with Crippen molar-refractivity contribution in [2.24, 2.45) is 10.7 Å². The normalized spacial score (nSPS) is 16.1. The van der Waals surface area contributed by atoms with Gasteiger partial charge >= 0.3 is 0 Å². The number of nitrogens with two attached hydrogens (primary N) is 1. The van der Waals surface area contributed by atoms with Crippen molar-refractivity contribution in [1.82, 2.24) is 5.32 Å². The topological polar surface area (TPSA) is 68.9 Å². The van der Waals surface area contributed by atoms with E-state index in [0.717, 1.165) is 44.6 Å². The maximum atomic E-state index is 5.98. The van der Waals surface area contributed by atoms with Crippen LogP contribution in [0.5, 0.6) is 0 Å². The van der Waals surface area contributed by atoms with Crippen molar-refractivity contribution in [1.29, 1.82) is 0 Å². The first-order chi connectivity index (χ1) is 12.3. The molecule has 0 bridgehead atoms. The molecule has 0 atom stereocenters. The fraction of sp³-hybridized carbons (Fsp3) is 0.650. The highest BCUT2D eigenvalue weighted by Crippen LogP contribution is 2.14. The third-order valence-corrected chi connectivity index (χ3v) is 4.41. The van der Waals surface area contributed by atoms with Crippen LogP contribution in [-0.4, -0.2) is 31.8 Å². The molecule has 0 radical (unpaired) electrons. The molecule has 0 spiro atoms. The first-order valence-corrected chi connectivity index (χ1v) is 9.59. The van der Waals surface area contributed by atoms with Gasteiger partial charge in [-0.25, -0.2) is 4.99 Å². The Morgan fingerprint density at radius 3 is 2.84 bits per heavy atom. The van der Waals surface area contributed by atoms with Crippen LogP contribution in [-0.2, 0) is 22.6 Å². The Kier molecular flexibility index (Phi) is 9.37. The van der Waals surface area contributed by atoms with Gasteiger partial charge in [-0.05, 0) is 30.4 Å². The summed E-state index contributed by atoms with van der Waals surface area (Å²) in [5, 5.41) is 3.19. The smallest absolute Gasteiger partial charge is 0.188 e. The monoisotopic (exact) mass is 347 g/mol. The van der Waals surface area contributed by atoms with Crippen molar-refractivity contribution in [3.63, 3.8) is 0 Å². The molecule has 2 rings (SSSR count). The van der Waals surface area contributed by atoms with Crippen LogP contribution in [0, 0.1) is 0 Å². The predicted molar refractivity (Wildman–Crippen MR) is 103 cm³/mol. The van der Waals surface area contributed by atoms with E-state index in [4.69, 9.17) is 15.2 Å². The first kappa shape index (κ1) is 19.7. The van der Waals surface area contributed by atoms with Crippen LogP contribution in [0.25, 0.3) is 0 Å². The number of hydrogen-bond acceptors (Lipinski definition) is 3. The highest BCUT2D eigenvalue weighted by molar-refractivity contribution is 5.77. The molecule has 3 N–H and O–H groups in total. The summed E-state index contributed by atoms with van der Waals surface area (Å²) >= 11 is 0. The summed E-state index contributed by atoms with van der Waals surface area (Å²) in [5.41, 5.74) is 8.27. The number of benzene rings is 1. The quantitative estimate of drug-likeness (QED) is 0.387. The second kappa shape index (κ2) is 11.9. The zero-order chi connectivity index (χ0) is 17.7. The van der Waals surface area contributed by atoms with Crippen LogP contribution >= 0.6 is 0 Å². The second-order valence-electron chi connectivity index (χ2n) is 6.63. The average Bonchev–Trinajstić information content (AvgIpc) is 2.66. The number of rotatable bonds is 10. The Labute approximate surface area is 152 Å². The predicted octanol–water partition coefficient (Wildman–Crippen LogP) is 3.37. The number of nitrogens with one attached hydrogen (secondary N) is 1. The molecule has 1 aromatic rings. The van der Waals surface area contributed by atoms with Crippen molar-refractivity contribution in [2.75, 3.05) is 19.8 Å². The molecule has 0 saturated carbocycles. The van der Waals surface area contributed by atoms with Gasteiger partial charge in [-0.3, -0.25) is 0 Å². The molecular weight excluding hydrogens is 314 g/mol. The van der Waals surface area contributed by atoms with E-state index in [1.807, 2.05) is 0 Å². The summed E-state index contributed by atoms with van der Waals surface area (Å²) in [6.45, 7) is 5.97. The van der Waals surface area contributed by atoms with Crippen LogP contribution < -0.4 is 11.1 Å². The van der Waals surface area contributed by atoms with E-state index in [0.29, 0.717) is 25.2 Å². The first-order valence-electron chi connectivity index (χ1n) is 9.59. The van der Waals surface area contributed by atoms with E-state index in [2.05, 4.69) is 41.5 Å². The Morgan fingerprint density at radius 1 is 1.24 bits per heavy atom. The van der Waals surface area contributed by atoms with Gasteiger partial charge in [-0.1, -0.05) is 50.5 Å². The number of aliphatic imine (C=N–C) groups is 1. The van der Waals surface area contributed by atoms with E-state index in [1.165, 1.54) is 24.8 Å². The number of hydrogen-bond donors (Lipinski definition) is 2. The van der Waals surface area contributed by atoms with Crippen molar-refractivity contribution in [2.45, 2.75) is 64.7 Å². The van der Waals surface area contributed by atoms with Gasteiger partial charge in [0.25, 0.3) is 0 Å². The number of ether oxygens (including phenoxy) is 2. The van der Waals surface area contributed by atoms with E-state index >= 15 is 0 Å². The van der Waals surface area contributed by atoms with E-state index < -0.39 is 0 Å². The summed E-state index contributed by atoms with van der Waals surface area (Å²) in [7, 11) is 0. The molecular formula is C20H33N3O2. The average molecular weight is 348 g/mol. The number of nitrogens with zero attached hydrogens (tertiary/aromatic N) is 1. The third-order valence-electron chi connectivity index (χ3n) is 4.41. The summed E-state index contributed by atoms with van der Waals surface area (Å²) in [6.07, 6.45) is 7.21. The minimum absolute atomic E-state index is 0.322. The van der Waals surface area contributed by atoms with Crippen molar-refractivity contribution >= 4 is 5.96 Å². The van der Waals surface area contributed by atoms with Crippen LogP contribution in [0.3, 0.4) is 0 Å². The molecule has 0 unspecified atom stereocenters. The lowest BCUT2D eigenvalue weighted by atomic mass is 10.1. The molecule has 0 amide bonds. The fourth-order valence-corrected chi connectivity index (χ4v) is 2.88. The van der Waals surface area contributed by atoms with Crippen LogP contribution in [0.1, 0.15) is 56.6 Å². The minimum Gasteiger partial charge on any atom is -0.381 e. The van der Waals surface area contributed by atoms with Crippen molar-refractivity contribution in [3.8, 4) is 0 Å². The zero-order valence-electron chi connectivity index (χ0n) is 15.5. The molecule has 1 aromatic carbocycles. The van der Waals surface area contributed by atoms with Crippen LogP contribution in [0.2, 0.25) is 0 Å². The molecule has 140 valence electrons.